The van der Waals surface area contributed by atoms with Crippen molar-refractivity contribution in [3.8, 4) is 0 Å². The molecule has 0 aromatic heterocycles. The second-order valence-electron chi connectivity index (χ2n) is 8.92. The molecular formula is C27H40O7PS+. The average Bonchev–Trinajstić information content (AvgIpc) is 2.85. The molecule has 200 valence electrons. The minimum absolute atomic E-state index is 0.0186. The van der Waals surface area contributed by atoms with Gasteiger partial charge in [0.1, 0.15) is 0 Å². The molecule has 0 saturated carbocycles. The molecule has 0 fully saturated rings. The van der Waals surface area contributed by atoms with E-state index in [2.05, 4.69) is 20.8 Å². The third kappa shape index (κ3) is 10.00. The predicted octanol–water partition coefficient (Wildman–Crippen LogP) is 7.07. The van der Waals surface area contributed by atoms with Gasteiger partial charge < -0.3 is 10.2 Å². The zero-order valence-electron chi connectivity index (χ0n) is 21.5. The first kappa shape index (κ1) is 31.7. The molecular weight excluding hydrogens is 499 g/mol. The number of aromatic carboxylic acids is 2. The number of hydrogen-bond donors (Lipinski definition) is 3. The van der Waals surface area contributed by atoms with Crippen LogP contribution in [-0.4, -0.2) is 53.6 Å². The van der Waals surface area contributed by atoms with Crippen LogP contribution >= 0.6 is 7.26 Å². The van der Waals surface area contributed by atoms with Crippen molar-refractivity contribution >= 4 is 29.3 Å². The minimum Gasteiger partial charge on any atom is -0.478 e. The Balaban J connectivity index is 0.000000450. The summed E-state index contributed by atoms with van der Waals surface area (Å²) < 4.78 is 35.1. The Labute approximate surface area is 216 Å². The van der Waals surface area contributed by atoms with Crippen LogP contribution in [0.15, 0.2) is 54.6 Å². The van der Waals surface area contributed by atoms with E-state index in [4.69, 9.17) is 10.2 Å². The first-order valence-electron chi connectivity index (χ1n) is 12.5. The summed E-state index contributed by atoms with van der Waals surface area (Å²) in [5.41, 5.74) is 0.737. The van der Waals surface area contributed by atoms with E-state index in [0.29, 0.717) is 0 Å². The Hall–Kier alpha value is -2.28. The number of rotatable bonds is 14. The van der Waals surface area contributed by atoms with Crippen LogP contribution < -0.4 is 0 Å². The molecule has 36 heavy (non-hydrogen) atoms. The molecule has 0 spiro atoms. The van der Waals surface area contributed by atoms with Crippen LogP contribution in [0.3, 0.4) is 0 Å². The molecule has 1 unspecified atom stereocenters. The molecule has 2 aromatic carbocycles. The lowest BCUT2D eigenvalue weighted by atomic mass is 10.1. The summed E-state index contributed by atoms with van der Waals surface area (Å²) in [4.78, 5) is 20.1. The minimum atomic E-state index is -4.12. The van der Waals surface area contributed by atoms with Crippen LogP contribution in [0.1, 0.15) is 90.6 Å². The van der Waals surface area contributed by atoms with Gasteiger partial charge in [-0.15, -0.1) is 0 Å². The number of carboxylic acids is 2. The van der Waals surface area contributed by atoms with Gasteiger partial charge in [-0.1, -0.05) is 76.4 Å². The maximum absolute atomic E-state index is 12.5. The smallest absolute Gasteiger partial charge is 0.335 e. The molecule has 3 N–H and O–H groups in total. The molecule has 9 heteroatoms. The van der Waals surface area contributed by atoms with Gasteiger partial charge in [-0.25, -0.2) is 9.59 Å². The van der Waals surface area contributed by atoms with Crippen molar-refractivity contribution < 1.29 is 32.8 Å². The van der Waals surface area contributed by atoms with Crippen LogP contribution in [0.2, 0.25) is 0 Å². The Kier molecular flexibility index (Phi) is 13.9. The van der Waals surface area contributed by atoms with Gasteiger partial charge in [0.05, 0.1) is 29.6 Å². The van der Waals surface area contributed by atoms with E-state index in [1.54, 1.807) is 0 Å². The molecule has 0 heterocycles. The van der Waals surface area contributed by atoms with Crippen molar-refractivity contribution in [2.45, 2.75) is 64.3 Å². The predicted molar refractivity (Wildman–Crippen MR) is 147 cm³/mol. The van der Waals surface area contributed by atoms with Crippen LogP contribution in [0.5, 0.6) is 0 Å². The Morgan fingerprint density at radius 1 is 0.750 bits per heavy atom. The molecule has 2 rings (SSSR count). The normalized spacial score (nSPS) is 12.3. The van der Waals surface area contributed by atoms with Crippen LogP contribution in [0.4, 0.5) is 0 Å². The van der Waals surface area contributed by atoms with Crippen molar-refractivity contribution in [1.82, 2.24) is 0 Å². The van der Waals surface area contributed by atoms with Gasteiger partial charge in [-0.2, -0.15) is 8.42 Å². The lowest BCUT2D eigenvalue weighted by Crippen LogP contribution is -2.23. The first-order valence-corrected chi connectivity index (χ1v) is 16.4. The number of carbonyl (C=O) groups is 2. The van der Waals surface area contributed by atoms with E-state index in [1.165, 1.54) is 18.2 Å². The average molecular weight is 540 g/mol. The Morgan fingerprint density at radius 3 is 1.50 bits per heavy atom. The highest BCUT2D eigenvalue weighted by molar-refractivity contribution is 7.98. The fourth-order valence-electron chi connectivity index (χ4n) is 4.28. The molecule has 7 nitrogen and oxygen atoms in total. The molecule has 0 aliphatic carbocycles. The van der Waals surface area contributed by atoms with E-state index < -0.39 is 34.3 Å². The number of hydrogen-bond acceptors (Lipinski definition) is 4. The summed E-state index contributed by atoms with van der Waals surface area (Å²) in [5, 5.41) is 17.0. The van der Waals surface area contributed by atoms with Gasteiger partial charge in [-0.3, -0.25) is 4.55 Å². The van der Waals surface area contributed by atoms with Crippen LogP contribution in [-0.2, 0) is 10.1 Å². The van der Waals surface area contributed by atoms with Crippen molar-refractivity contribution in [2.75, 3.05) is 18.5 Å². The first-order chi connectivity index (χ1) is 17.0. The van der Waals surface area contributed by atoms with Crippen LogP contribution in [0.25, 0.3) is 0 Å². The van der Waals surface area contributed by atoms with Crippen LogP contribution in [0, 0.1) is 0 Å². The number of unbranched alkanes of at least 4 members (excludes halogenated alkanes) is 3. The van der Waals surface area contributed by atoms with Gasteiger partial charge in [0.15, 0.2) is 0 Å². The van der Waals surface area contributed by atoms with Gasteiger partial charge >= 0.3 is 22.1 Å². The van der Waals surface area contributed by atoms with E-state index >= 15 is 0 Å². The molecule has 0 bridgehead atoms. The summed E-state index contributed by atoms with van der Waals surface area (Å²) in [5.74, 6) is -2.25. The highest BCUT2D eigenvalue weighted by Crippen LogP contribution is 2.72. The van der Waals surface area contributed by atoms with Gasteiger partial charge in [-0.05, 0) is 37.5 Å². The van der Waals surface area contributed by atoms with E-state index in [9.17, 15) is 22.6 Å². The lowest BCUT2D eigenvalue weighted by molar-refractivity contribution is 0.0696. The van der Waals surface area contributed by atoms with Crippen molar-refractivity contribution in [2.24, 2.45) is 0 Å². The molecule has 1 atom stereocenters. The third-order valence-electron chi connectivity index (χ3n) is 6.09. The standard InChI is InChI=1S/C19H33O3PS.C8H6O4/c1-4-7-15-23(16-8-5-2,17-9-6-3)19(24(20,21)22)18-13-11-10-12-14-18;9-7(10)5-2-1-3-6(4-5)8(11)12/h10-14,19H,4-9,15-17H2,1-3H3;1-4H,(H,9,10)(H,11,12)/p+1. The zero-order valence-corrected chi connectivity index (χ0v) is 23.2. The maximum Gasteiger partial charge on any atom is 0.335 e. The Morgan fingerprint density at radius 2 is 1.17 bits per heavy atom. The Bertz CT molecular complexity index is 1000. The quantitative estimate of drug-likeness (QED) is 0.173. The fourth-order valence-corrected chi connectivity index (χ4v) is 13.0. The highest BCUT2D eigenvalue weighted by Gasteiger charge is 2.51. The van der Waals surface area contributed by atoms with E-state index in [-0.39, 0.29) is 11.1 Å². The van der Waals surface area contributed by atoms with Crippen molar-refractivity contribution in [1.29, 1.82) is 0 Å². The number of carboxylic acid groups (broad SMARTS) is 2. The molecule has 0 aliphatic heterocycles. The number of benzene rings is 2. The van der Waals surface area contributed by atoms with Crippen molar-refractivity contribution in [3.63, 3.8) is 0 Å². The highest BCUT2D eigenvalue weighted by atomic mass is 32.2. The summed E-state index contributed by atoms with van der Waals surface area (Å²) in [6.07, 6.45) is 9.20. The van der Waals surface area contributed by atoms with E-state index in [1.807, 2.05) is 30.3 Å². The SMILES string of the molecule is CCCC[P+](CCCC)(CCCC)C(c1ccccc1)S(=O)(=O)O.O=C(O)c1cccc(C(=O)O)c1. The van der Waals surface area contributed by atoms with E-state index in [0.717, 1.165) is 68.6 Å². The molecule has 0 saturated heterocycles. The largest absolute Gasteiger partial charge is 0.478 e. The van der Waals surface area contributed by atoms with Gasteiger partial charge in [0.2, 0.25) is 4.99 Å². The third-order valence-corrected chi connectivity index (χ3v) is 14.0. The molecule has 0 aliphatic rings. The molecule has 0 radical (unpaired) electrons. The summed E-state index contributed by atoms with van der Waals surface area (Å²) >= 11 is 0. The second kappa shape index (κ2) is 15.7. The van der Waals surface area contributed by atoms with Gasteiger partial charge in [0.25, 0.3) is 0 Å². The maximum atomic E-state index is 12.5. The fraction of sp³-hybridized carbons (Fsp3) is 0.481. The topological polar surface area (TPSA) is 129 Å². The zero-order chi connectivity index (χ0) is 27.2. The van der Waals surface area contributed by atoms with Crippen molar-refractivity contribution in [3.05, 3.63) is 71.3 Å². The second-order valence-corrected chi connectivity index (χ2v) is 15.1. The molecule has 2 aromatic rings. The lowest BCUT2D eigenvalue weighted by Gasteiger charge is -2.33. The van der Waals surface area contributed by atoms with Gasteiger partial charge in [0, 0.05) is 12.8 Å². The monoisotopic (exact) mass is 539 g/mol. The molecule has 0 amide bonds. The summed E-state index contributed by atoms with van der Waals surface area (Å²) in [6.45, 7) is 6.46. The summed E-state index contributed by atoms with van der Waals surface area (Å²) in [7, 11) is -5.95. The summed E-state index contributed by atoms with van der Waals surface area (Å²) in [6, 6.07) is 14.6.